The second-order valence-corrected chi connectivity index (χ2v) is 7.04. The number of nitrogens with two attached hydrogens (primary N) is 1. The molecule has 2 N–H and O–H groups in total. The van der Waals surface area contributed by atoms with Crippen LogP contribution in [0.4, 0.5) is 5.69 Å². The quantitative estimate of drug-likeness (QED) is 0.812. The van der Waals surface area contributed by atoms with Crippen LogP contribution in [0.5, 0.6) is 5.75 Å². The summed E-state index contributed by atoms with van der Waals surface area (Å²) in [5.74, 6) is 0.745. The van der Waals surface area contributed by atoms with E-state index in [1.165, 1.54) is 10.6 Å². The summed E-state index contributed by atoms with van der Waals surface area (Å²) in [5, 5.41) is 0. The highest BCUT2D eigenvalue weighted by molar-refractivity contribution is 7.88. The summed E-state index contributed by atoms with van der Waals surface area (Å²) in [6, 6.07) is 5.66. The smallest absolute Gasteiger partial charge is 0.211 e. The first-order valence-electron chi connectivity index (χ1n) is 6.49. The minimum Gasteiger partial charge on any atom is -0.497 e. The summed E-state index contributed by atoms with van der Waals surface area (Å²) < 4.78 is 29.6. The van der Waals surface area contributed by atoms with Crippen molar-refractivity contribution in [1.82, 2.24) is 9.21 Å². The van der Waals surface area contributed by atoms with Crippen LogP contribution in [0.15, 0.2) is 18.2 Å². The Balaban J connectivity index is 1.97. The van der Waals surface area contributed by atoms with Crippen molar-refractivity contribution in [2.24, 2.45) is 0 Å². The standard InChI is InChI=1S/C13H21N3O3S/c1-19-13-8-11(7-12(14)9-13)10-15-3-5-16(6-4-15)20(2,17)18/h7-9H,3-6,10,14H2,1-2H3. The number of anilines is 1. The fourth-order valence-electron chi connectivity index (χ4n) is 2.37. The summed E-state index contributed by atoms with van der Waals surface area (Å²) in [6.45, 7) is 3.28. The van der Waals surface area contributed by atoms with Gasteiger partial charge in [0.05, 0.1) is 13.4 Å². The Hall–Kier alpha value is -1.31. The van der Waals surface area contributed by atoms with Crippen molar-refractivity contribution in [1.29, 1.82) is 0 Å². The van der Waals surface area contributed by atoms with Gasteiger partial charge >= 0.3 is 0 Å². The van der Waals surface area contributed by atoms with Gasteiger partial charge < -0.3 is 10.5 Å². The molecule has 112 valence electrons. The molecule has 1 aliphatic heterocycles. The van der Waals surface area contributed by atoms with Gasteiger partial charge in [0.1, 0.15) is 5.75 Å². The number of nitrogens with zero attached hydrogens (tertiary/aromatic N) is 2. The molecule has 0 aromatic heterocycles. The molecular formula is C13H21N3O3S. The number of ether oxygens (including phenoxy) is 1. The molecule has 0 unspecified atom stereocenters. The predicted molar refractivity (Wildman–Crippen MR) is 79.1 cm³/mol. The van der Waals surface area contributed by atoms with E-state index in [0.717, 1.165) is 30.9 Å². The maximum atomic E-state index is 11.5. The molecule has 0 bridgehead atoms. The fraction of sp³-hybridized carbons (Fsp3) is 0.538. The van der Waals surface area contributed by atoms with Crippen molar-refractivity contribution < 1.29 is 13.2 Å². The van der Waals surface area contributed by atoms with Gasteiger partial charge in [-0.3, -0.25) is 4.90 Å². The SMILES string of the molecule is COc1cc(N)cc(CN2CCN(S(C)(=O)=O)CC2)c1. The molecule has 1 aromatic carbocycles. The van der Waals surface area contributed by atoms with Crippen molar-refractivity contribution in [2.45, 2.75) is 6.54 Å². The van der Waals surface area contributed by atoms with Gasteiger partial charge in [-0.05, 0) is 17.7 Å². The summed E-state index contributed by atoms with van der Waals surface area (Å²) in [6.07, 6.45) is 1.26. The molecule has 0 spiro atoms. The van der Waals surface area contributed by atoms with Crippen molar-refractivity contribution in [3.8, 4) is 5.75 Å². The Morgan fingerprint density at radius 1 is 1.20 bits per heavy atom. The van der Waals surface area contributed by atoms with E-state index >= 15 is 0 Å². The van der Waals surface area contributed by atoms with E-state index in [4.69, 9.17) is 10.5 Å². The third-order valence-electron chi connectivity index (χ3n) is 3.43. The third kappa shape index (κ3) is 3.84. The lowest BCUT2D eigenvalue weighted by Crippen LogP contribution is -2.47. The number of nitrogen functional groups attached to an aromatic ring is 1. The number of piperazine rings is 1. The van der Waals surface area contributed by atoms with Crippen molar-refractivity contribution in [2.75, 3.05) is 45.3 Å². The van der Waals surface area contributed by atoms with E-state index in [2.05, 4.69) is 4.90 Å². The highest BCUT2D eigenvalue weighted by Crippen LogP contribution is 2.20. The number of hydrogen-bond acceptors (Lipinski definition) is 5. The van der Waals surface area contributed by atoms with Crippen LogP contribution in [0.3, 0.4) is 0 Å². The second-order valence-electron chi connectivity index (χ2n) is 5.05. The largest absolute Gasteiger partial charge is 0.497 e. The van der Waals surface area contributed by atoms with Gasteiger partial charge in [0.25, 0.3) is 0 Å². The van der Waals surface area contributed by atoms with Crippen LogP contribution < -0.4 is 10.5 Å². The minimum absolute atomic E-state index is 0.540. The van der Waals surface area contributed by atoms with Gasteiger partial charge in [0.2, 0.25) is 10.0 Å². The average Bonchev–Trinajstić information content (AvgIpc) is 2.37. The monoisotopic (exact) mass is 299 g/mol. The molecule has 1 heterocycles. The highest BCUT2D eigenvalue weighted by atomic mass is 32.2. The van der Waals surface area contributed by atoms with Crippen LogP contribution in [0.1, 0.15) is 5.56 Å². The Morgan fingerprint density at radius 3 is 2.40 bits per heavy atom. The zero-order valence-corrected chi connectivity index (χ0v) is 12.7. The zero-order chi connectivity index (χ0) is 14.8. The highest BCUT2D eigenvalue weighted by Gasteiger charge is 2.23. The number of methoxy groups -OCH3 is 1. The van der Waals surface area contributed by atoms with Crippen LogP contribution in [-0.2, 0) is 16.6 Å². The van der Waals surface area contributed by atoms with E-state index in [1.807, 2.05) is 12.1 Å². The van der Waals surface area contributed by atoms with Crippen LogP contribution >= 0.6 is 0 Å². The molecule has 0 radical (unpaired) electrons. The van der Waals surface area contributed by atoms with E-state index in [0.29, 0.717) is 18.8 Å². The van der Waals surface area contributed by atoms with Crippen molar-refractivity contribution >= 4 is 15.7 Å². The maximum Gasteiger partial charge on any atom is 0.211 e. The van der Waals surface area contributed by atoms with E-state index < -0.39 is 10.0 Å². The molecule has 0 amide bonds. The predicted octanol–water partition coefficient (Wildman–Crippen LogP) is 0.355. The summed E-state index contributed by atoms with van der Waals surface area (Å²) in [4.78, 5) is 2.22. The second kappa shape index (κ2) is 5.99. The molecule has 7 heteroatoms. The Bertz CT molecular complexity index is 566. The first-order chi connectivity index (χ1) is 9.38. The fourth-order valence-corrected chi connectivity index (χ4v) is 3.20. The Morgan fingerprint density at radius 2 is 1.85 bits per heavy atom. The molecular weight excluding hydrogens is 278 g/mol. The molecule has 0 atom stereocenters. The molecule has 0 saturated carbocycles. The summed E-state index contributed by atoms with van der Waals surface area (Å²) in [5.41, 5.74) is 7.59. The maximum absolute atomic E-state index is 11.5. The molecule has 1 aliphatic rings. The number of benzene rings is 1. The number of hydrogen-bond donors (Lipinski definition) is 1. The summed E-state index contributed by atoms with van der Waals surface area (Å²) >= 11 is 0. The van der Waals surface area contributed by atoms with Crippen LogP contribution in [0, 0.1) is 0 Å². The minimum atomic E-state index is -3.07. The molecule has 1 aromatic rings. The molecule has 20 heavy (non-hydrogen) atoms. The average molecular weight is 299 g/mol. The molecule has 1 saturated heterocycles. The van der Waals surface area contributed by atoms with Gasteiger partial charge in [-0.2, -0.15) is 4.31 Å². The lowest BCUT2D eigenvalue weighted by Gasteiger charge is -2.33. The lowest BCUT2D eigenvalue weighted by molar-refractivity contribution is 0.182. The van der Waals surface area contributed by atoms with E-state index in [-0.39, 0.29) is 0 Å². The van der Waals surface area contributed by atoms with Gasteiger partial charge in [-0.15, -0.1) is 0 Å². The van der Waals surface area contributed by atoms with Gasteiger partial charge in [0.15, 0.2) is 0 Å². The van der Waals surface area contributed by atoms with E-state index in [1.54, 1.807) is 13.2 Å². The zero-order valence-electron chi connectivity index (χ0n) is 11.9. The van der Waals surface area contributed by atoms with Gasteiger partial charge in [-0.1, -0.05) is 0 Å². The Labute approximate surface area is 120 Å². The first-order valence-corrected chi connectivity index (χ1v) is 8.34. The molecule has 6 nitrogen and oxygen atoms in total. The van der Waals surface area contributed by atoms with Crippen molar-refractivity contribution in [3.63, 3.8) is 0 Å². The van der Waals surface area contributed by atoms with Gasteiger partial charge in [-0.25, -0.2) is 8.42 Å². The van der Waals surface area contributed by atoms with E-state index in [9.17, 15) is 8.42 Å². The topological polar surface area (TPSA) is 75.9 Å². The van der Waals surface area contributed by atoms with Crippen molar-refractivity contribution in [3.05, 3.63) is 23.8 Å². The molecule has 1 fully saturated rings. The number of rotatable bonds is 4. The van der Waals surface area contributed by atoms with Crippen LogP contribution in [0.2, 0.25) is 0 Å². The molecule has 0 aliphatic carbocycles. The molecule has 2 rings (SSSR count). The van der Waals surface area contributed by atoms with Crippen LogP contribution in [-0.4, -0.2) is 57.2 Å². The number of sulfonamides is 1. The Kier molecular flexibility index (Phi) is 4.52. The summed E-state index contributed by atoms with van der Waals surface area (Å²) in [7, 11) is -1.46. The lowest BCUT2D eigenvalue weighted by atomic mass is 10.1. The normalized spacial score (nSPS) is 18.1. The first kappa shape index (κ1) is 15.1. The van der Waals surface area contributed by atoms with Crippen LogP contribution in [0.25, 0.3) is 0 Å². The third-order valence-corrected chi connectivity index (χ3v) is 4.73. The van der Waals surface area contributed by atoms with Gasteiger partial charge in [0, 0.05) is 44.5 Å².